The van der Waals surface area contributed by atoms with Crippen LogP contribution >= 0.6 is 11.6 Å². The van der Waals surface area contributed by atoms with E-state index in [1.54, 1.807) is 6.20 Å². The fourth-order valence-electron chi connectivity index (χ4n) is 2.54. The van der Waals surface area contributed by atoms with Crippen molar-refractivity contribution in [3.8, 4) is 0 Å². The van der Waals surface area contributed by atoms with Gasteiger partial charge in [-0.05, 0) is 32.6 Å². The second-order valence-electron chi connectivity index (χ2n) is 4.91. The highest BCUT2D eigenvalue weighted by Gasteiger charge is 2.29. The van der Waals surface area contributed by atoms with E-state index in [1.807, 2.05) is 18.5 Å². The van der Waals surface area contributed by atoms with Crippen molar-refractivity contribution in [3.05, 3.63) is 16.9 Å². The van der Waals surface area contributed by atoms with Crippen molar-refractivity contribution in [2.45, 2.75) is 51.7 Å². The number of aliphatic hydroxyl groups excluding tert-OH is 1. The molecule has 1 aliphatic carbocycles. The van der Waals surface area contributed by atoms with Crippen LogP contribution in [0.1, 0.15) is 57.4 Å². The summed E-state index contributed by atoms with van der Waals surface area (Å²) in [7, 11) is 0. The maximum atomic E-state index is 10.4. The standard InChI is InChI=1S/C12H19ClN2O/c1-8(2)15-11(10(13)7-14-15)12(16)9-5-3-4-6-9/h7-9,12,16H,3-6H2,1-2H3. The quantitative estimate of drug-likeness (QED) is 0.883. The van der Waals surface area contributed by atoms with Gasteiger partial charge in [-0.2, -0.15) is 5.10 Å². The van der Waals surface area contributed by atoms with Crippen LogP contribution in [0.2, 0.25) is 5.02 Å². The van der Waals surface area contributed by atoms with E-state index in [0.29, 0.717) is 10.9 Å². The molecule has 3 nitrogen and oxygen atoms in total. The monoisotopic (exact) mass is 242 g/mol. The Kier molecular flexibility index (Phi) is 3.55. The summed E-state index contributed by atoms with van der Waals surface area (Å²) in [4.78, 5) is 0. The highest BCUT2D eigenvalue weighted by Crippen LogP contribution is 2.38. The van der Waals surface area contributed by atoms with Gasteiger partial charge in [0, 0.05) is 6.04 Å². The number of hydrogen-bond acceptors (Lipinski definition) is 2. The summed E-state index contributed by atoms with van der Waals surface area (Å²) in [5.41, 5.74) is 0.795. The molecule has 0 amide bonds. The molecule has 0 aliphatic heterocycles. The van der Waals surface area contributed by atoms with Crippen molar-refractivity contribution < 1.29 is 5.11 Å². The molecule has 4 heteroatoms. The van der Waals surface area contributed by atoms with Gasteiger partial charge in [0.15, 0.2) is 0 Å². The second-order valence-corrected chi connectivity index (χ2v) is 5.31. The maximum Gasteiger partial charge on any atom is 0.0999 e. The molecular weight excluding hydrogens is 224 g/mol. The Morgan fingerprint density at radius 3 is 2.62 bits per heavy atom. The van der Waals surface area contributed by atoms with Crippen molar-refractivity contribution in [1.82, 2.24) is 9.78 Å². The molecule has 0 bridgehead atoms. The van der Waals surface area contributed by atoms with Crippen LogP contribution in [0.15, 0.2) is 6.20 Å². The summed E-state index contributed by atoms with van der Waals surface area (Å²) >= 11 is 6.12. The second kappa shape index (κ2) is 4.76. The van der Waals surface area contributed by atoms with E-state index in [0.717, 1.165) is 18.5 Å². The summed E-state index contributed by atoms with van der Waals surface area (Å²) in [5.74, 6) is 0.353. The molecule has 1 N–H and O–H groups in total. The molecule has 1 fully saturated rings. The van der Waals surface area contributed by atoms with Crippen molar-refractivity contribution >= 4 is 11.6 Å². The molecule has 1 aliphatic rings. The minimum atomic E-state index is -0.458. The Morgan fingerprint density at radius 1 is 1.44 bits per heavy atom. The fraction of sp³-hybridized carbons (Fsp3) is 0.750. The van der Waals surface area contributed by atoms with Gasteiger partial charge in [-0.15, -0.1) is 0 Å². The zero-order chi connectivity index (χ0) is 11.7. The smallest absolute Gasteiger partial charge is 0.0999 e. The van der Waals surface area contributed by atoms with Gasteiger partial charge in [-0.25, -0.2) is 0 Å². The molecule has 1 heterocycles. The van der Waals surface area contributed by atoms with Gasteiger partial charge in [0.2, 0.25) is 0 Å². The van der Waals surface area contributed by atoms with Crippen LogP contribution in [0, 0.1) is 5.92 Å². The van der Waals surface area contributed by atoms with Crippen LogP contribution < -0.4 is 0 Å². The van der Waals surface area contributed by atoms with E-state index in [-0.39, 0.29) is 6.04 Å². The molecule has 90 valence electrons. The predicted molar refractivity (Wildman–Crippen MR) is 64.5 cm³/mol. The molecule has 1 atom stereocenters. The highest BCUT2D eigenvalue weighted by atomic mass is 35.5. The van der Waals surface area contributed by atoms with E-state index in [2.05, 4.69) is 5.10 Å². The van der Waals surface area contributed by atoms with E-state index in [9.17, 15) is 5.11 Å². The van der Waals surface area contributed by atoms with Gasteiger partial charge in [-0.1, -0.05) is 24.4 Å². The molecule has 1 saturated carbocycles. The number of halogens is 1. The summed E-state index contributed by atoms with van der Waals surface area (Å²) in [6.07, 6.45) is 5.81. The molecule has 1 aromatic rings. The van der Waals surface area contributed by atoms with Crippen LogP contribution in [0.3, 0.4) is 0 Å². The van der Waals surface area contributed by atoms with Crippen molar-refractivity contribution in [3.63, 3.8) is 0 Å². The zero-order valence-electron chi connectivity index (χ0n) is 9.86. The van der Waals surface area contributed by atoms with Gasteiger partial charge in [0.1, 0.15) is 0 Å². The number of aromatic nitrogens is 2. The average Bonchev–Trinajstić information content (AvgIpc) is 2.84. The lowest BCUT2D eigenvalue weighted by Gasteiger charge is -2.21. The van der Waals surface area contributed by atoms with Crippen molar-refractivity contribution in [1.29, 1.82) is 0 Å². The van der Waals surface area contributed by atoms with Crippen LogP contribution in [-0.4, -0.2) is 14.9 Å². The number of rotatable bonds is 3. The Morgan fingerprint density at radius 2 is 2.06 bits per heavy atom. The first kappa shape index (κ1) is 11.9. The average molecular weight is 243 g/mol. The first-order chi connectivity index (χ1) is 7.61. The van der Waals surface area contributed by atoms with Gasteiger partial charge >= 0.3 is 0 Å². The predicted octanol–water partition coefficient (Wildman–Crippen LogP) is 3.34. The molecule has 0 aromatic carbocycles. The van der Waals surface area contributed by atoms with Crippen LogP contribution in [-0.2, 0) is 0 Å². The normalized spacial score (nSPS) is 19.6. The lowest BCUT2D eigenvalue weighted by molar-refractivity contribution is 0.101. The van der Waals surface area contributed by atoms with Gasteiger partial charge < -0.3 is 5.11 Å². The van der Waals surface area contributed by atoms with Crippen LogP contribution in [0.5, 0.6) is 0 Å². The van der Waals surface area contributed by atoms with Gasteiger partial charge in [0.05, 0.1) is 23.0 Å². The molecule has 0 radical (unpaired) electrons. The molecule has 1 aromatic heterocycles. The van der Waals surface area contributed by atoms with Crippen LogP contribution in [0.25, 0.3) is 0 Å². The zero-order valence-corrected chi connectivity index (χ0v) is 10.6. The first-order valence-corrected chi connectivity index (χ1v) is 6.40. The maximum absolute atomic E-state index is 10.4. The van der Waals surface area contributed by atoms with E-state index in [4.69, 9.17) is 11.6 Å². The molecule has 0 saturated heterocycles. The van der Waals surface area contributed by atoms with Gasteiger partial charge in [0.25, 0.3) is 0 Å². The van der Waals surface area contributed by atoms with E-state index < -0.39 is 6.10 Å². The molecule has 0 spiro atoms. The lowest BCUT2D eigenvalue weighted by Crippen LogP contribution is -2.16. The minimum absolute atomic E-state index is 0.235. The Labute approximate surface area is 101 Å². The summed E-state index contributed by atoms with van der Waals surface area (Å²) in [5, 5.41) is 15.2. The van der Waals surface area contributed by atoms with E-state index >= 15 is 0 Å². The summed E-state index contributed by atoms with van der Waals surface area (Å²) in [6, 6.07) is 0.235. The molecule has 2 rings (SSSR count). The largest absolute Gasteiger partial charge is 0.386 e. The van der Waals surface area contributed by atoms with Crippen LogP contribution in [0.4, 0.5) is 0 Å². The Bertz CT molecular complexity index is 356. The summed E-state index contributed by atoms with van der Waals surface area (Å²) in [6.45, 7) is 4.10. The summed E-state index contributed by atoms with van der Waals surface area (Å²) < 4.78 is 1.84. The van der Waals surface area contributed by atoms with Crippen molar-refractivity contribution in [2.24, 2.45) is 5.92 Å². The third-order valence-electron chi connectivity index (χ3n) is 3.40. The third-order valence-corrected chi connectivity index (χ3v) is 3.69. The highest BCUT2D eigenvalue weighted by molar-refractivity contribution is 6.31. The SMILES string of the molecule is CC(C)n1ncc(Cl)c1C(O)C1CCCC1. The van der Waals surface area contributed by atoms with E-state index in [1.165, 1.54) is 12.8 Å². The number of aliphatic hydroxyl groups is 1. The lowest BCUT2D eigenvalue weighted by atomic mass is 9.98. The Hall–Kier alpha value is -0.540. The van der Waals surface area contributed by atoms with Crippen molar-refractivity contribution in [2.75, 3.05) is 0 Å². The van der Waals surface area contributed by atoms with Gasteiger partial charge in [-0.3, -0.25) is 4.68 Å². The Balaban J connectivity index is 2.27. The molecule has 16 heavy (non-hydrogen) atoms. The topological polar surface area (TPSA) is 38.0 Å². The number of nitrogens with zero attached hydrogens (tertiary/aromatic N) is 2. The fourth-order valence-corrected chi connectivity index (χ4v) is 2.78. The molecular formula is C12H19ClN2O. The minimum Gasteiger partial charge on any atom is -0.386 e. The molecule has 1 unspecified atom stereocenters. The first-order valence-electron chi connectivity index (χ1n) is 6.02. The third kappa shape index (κ3) is 2.11. The number of hydrogen-bond donors (Lipinski definition) is 1.